The molecule has 0 radical (unpaired) electrons. The van der Waals surface area contributed by atoms with Crippen molar-refractivity contribution in [2.45, 2.75) is 13.8 Å². The molecular formula is C18H22N4O2. The van der Waals surface area contributed by atoms with Crippen LogP contribution in [-0.2, 0) is 16.6 Å². The number of likely N-dealkylation sites (N-methyl/N-ethyl adjacent to an activating group) is 1. The Bertz CT molecular complexity index is 764. The van der Waals surface area contributed by atoms with Gasteiger partial charge in [-0.2, -0.15) is 0 Å². The molecule has 0 fully saturated rings. The van der Waals surface area contributed by atoms with Gasteiger partial charge in [-0.1, -0.05) is 24.3 Å². The summed E-state index contributed by atoms with van der Waals surface area (Å²) in [6.07, 6.45) is 3.56. The van der Waals surface area contributed by atoms with Gasteiger partial charge in [0.15, 0.2) is 0 Å². The van der Waals surface area contributed by atoms with Gasteiger partial charge in [-0.15, -0.1) is 0 Å². The highest BCUT2D eigenvalue weighted by Gasteiger charge is 2.20. The van der Waals surface area contributed by atoms with Crippen molar-refractivity contribution in [3.05, 3.63) is 48.8 Å². The summed E-state index contributed by atoms with van der Waals surface area (Å²) in [5.74, 6) is -0.437. The molecule has 0 bridgehead atoms. The number of amides is 2. The third kappa shape index (κ3) is 4.10. The Labute approximate surface area is 141 Å². The second kappa shape index (κ2) is 7.59. The minimum atomic E-state index is -0.657. The molecule has 0 saturated heterocycles. The van der Waals surface area contributed by atoms with Crippen molar-refractivity contribution in [3.63, 3.8) is 0 Å². The van der Waals surface area contributed by atoms with E-state index < -0.39 is 11.8 Å². The molecule has 0 atom stereocenters. The molecule has 1 heterocycles. The summed E-state index contributed by atoms with van der Waals surface area (Å²) < 4.78 is 1.89. The summed E-state index contributed by atoms with van der Waals surface area (Å²) in [6.45, 7) is 8.26. The normalized spacial score (nSPS) is 10.3. The fourth-order valence-electron chi connectivity index (χ4n) is 2.36. The summed E-state index contributed by atoms with van der Waals surface area (Å²) in [6, 6.07) is 7.25. The van der Waals surface area contributed by atoms with E-state index in [2.05, 4.69) is 16.9 Å². The molecule has 0 aliphatic rings. The van der Waals surface area contributed by atoms with Gasteiger partial charge in [0.1, 0.15) is 5.82 Å². The summed E-state index contributed by atoms with van der Waals surface area (Å²) >= 11 is 0. The highest BCUT2D eigenvalue weighted by atomic mass is 16.2. The first-order valence-corrected chi connectivity index (χ1v) is 7.74. The number of nitrogens with one attached hydrogen (secondary N) is 1. The largest absolute Gasteiger partial charge is 0.334 e. The molecule has 0 spiro atoms. The molecule has 1 aromatic heterocycles. The van der Waals surface area contributed by atoms with E-state index in [0.29, 0.717) is 18.8 Å². The molecule has 2 aromatic rings. The van der Waals surface area contributed by atoms with E-state index in [0.717, 1.165) is 17.0 Å². The lowest BCUT2D eigenvalue weighted by atomic mass is 10.2. The minimum absolute atomic E-state index is 0.371. The van der Waals surface area contributed by atoms with Crippen LogP contribution in [-0.4, -0.2) is 39.4 Å². The Balaban J connectivity index is 2.13. The molecule has 6 heteroatoms. The number of rotatable bonds is 5. The van der Waals surface area contributed by atoms with E-state index in [1.54, 1.807) is 18.3 Å². The second-order valence-corrected chi connectivity index (χ2v) is 5.67. The van der Waals surface area contributed by atoms with Gasteiger partial charge in [0.05, 0.1) is 0 Å². The number of aromatic nitrogens is 2. The standard InChI is InChI=1S/C18H22N4O2/c1-5-22(12-13(2)3)18(24)17(23)20-15-8-6-7-14(11-15)16-19-9-10-21(16)4/h6-11H,2,5,12H2,1,3-4H3,(H,20,23). The molecule has 1 aromatic carbocycles. The van der Waals surface area contributed by atoms with E-state index in [4.69, 9.17) is 0 Å². The van der Waals surface area contributed by atoms with Crippen LogP contribution < -0.4 is 5.32 Å². The van der Waals surface area contributed by atoms with Gasteiger partial charge >= 0.3 is 11.8 Å². The SMILES string of the molecule is C=C(C)CN(CC)C(=O)C(=O)Nc1cccc(-c2nccn2C)c1. The van der Waals surface area contributed by atoms with Gasteiger partial charge in [-0.25, -0.2) is 4.98 Å². The van der Waals surface area contributed by atoms with Crippen LogP contribution in [0.3, 0.4) is 0 Å². The average molecular weight is 326 g/mol. The number of nitrogens with zero attached hydrogens (tertiary/aromatic N) is 3. The van der Waals surface area contributed by atoms with E-state index in [-0.39, 0.29) is 0 Å². The highest BCUT2D eigenvalue weighted by Crippen LogP contribution is 2.20. The van der Waals surface area contributed by atoms with Crippen molar-refractivity contribution in [1.82, 2.24) is 14.5 Å². The zero-order chi connectivity index (χ0) is 17.7. The zero-order valence-electron chi connectivity index (χ0n) is 14.2. The van der Waals surface area contributed by atoms with Gasteiger partial charge in [-0.05, 0) is 26.0 Å². The number of anilines is 1. The molecule has 0 aliphatic carbocycles. The molecule has 1 N–H and O–H groups in total. The lowest BCUT2D eigenvalue weighted by Crippen LogP contribution is -2.40. The van der Waals surface area contributed by atoms with Crippen LogP contribution in [0.25, 0.3) is 11.4 Å². The molecule has 6 nitrogen and oxygen atoms in total. The Kier molecular flexibility index (Phi) is 5.52. The minimum Gasteiger partial charge on any atom is -0.334 e. The van der Waals surface area contributed by atoms with Crippen LogP contribution in [0.15, 0.2) is 48.8 Å². The van der Waals surface area contributed by atoms with Crippen LogP contribution in [0.2, 0.25) is 0 Å². The summed E-state index contributed by atoms with van der Waals surface area (Å²) in [7, 11) is 1.90. The van der Waals surface area contributed by atoms with E-state index in [9.17, 15) is 9.59 Å². The Morgan fingerprint density at radius 1 is 1.38 bits per heavy atom. The van der Waals surface area contributed by atoms with Crippen LogP contribution in [0.5, 0.6) is 0 Å². The number of hydrogen-bond donors (Lipinski definition) is 1. The van der Waals surface area contributed by atoms with Gasteiger partial charge in [0, 0.05) is 43.8 Å². The molecule has 24 heavy (non-hydrogen) atoms. The van der Waals surface area contributed by atoms with Crippen molar-refractivity contribution in [3.8, 4) is 11.4 Å². The average Bonchev–Trinajstić information content (AvgIpc) is 2.98. The zero-order valence-corrected chi connectivity index (χ0v) is 14.2. The third-order valence-corrected chi connectivity index (χ3v) is 3.52. The Morgan fingerprint density at radius 2 is 2.12 bits per heavy atom. The van der Waals surface area contributed by atoms with Gasteiger partial charge in [0.2, 0.25) is 0 Å². The lowest BCUT2D eigenvalue weighted by Gasteiger charge is -2.20. The smallest absolute Gasteiger partial charge is 0.313 e. The molecule has 0 saturated carbocycles. The number of imidazole rings is 1. The Morgan fingerprint density at radius 3 is 2.71 bits per heavy atom. The van der Waals surface area contributed by atoms with E-state index in [1.165, 1.54) is 4.90 Å². The molecule has 0 aliphatic heterocycles. The van der Waals surface area contributed by atoms with Crippen LogP contribution in [0.1, 0.15) is 13.8 Å². The van der Waals surface area contributed by atoms with Gasteiger partial charge in [-0.3, -0.25) is 9.59 Å². The Hall–Kier alpha value is -2.89. The van der Waals surface area contributed by atoms with E-state index >= 15 is 0 Å². The number of hydrogen-bond acceptors (Lipinski definition) is 3. The number of carbonyl (C=O) groups is 2. The van der Waals surface area contributed by atoms with Crippen LogP contribution >= 0.6 is 0 Å². The molecule has 126 valence electrons. The fourth-order valence-corrected chi connectivity index (χ4v) is 2.36. The quantitative estimate of drug-likeness (QED) is 0.678. The third-order valence-electron chi connectivity index (χ3n) is 3.52. The van der Waals surface area contributed by atoms with Crippen molar-refractivity contribution in [2.75, 3.05) is 18.4 Å². The lowest BCUT2D eigenvalue weighted by molar-refractivity contribution is -0.142. The van der Waals surface area contributed by atoms with Crippen molar-refractivity contribution in [1.29, 1.82) is 0 Å². The number of carbonyl (C=O) groups excluding carboxylic acids is 2. The van der Waals surface area contributed by atoms with Gasteiger partial charge < -0.3 is 14.8 Å². The highest BCUT2D eigenvalue weighted by molar-refractivity contribution is 6.39. The summed E-state index contributed by atoms with van der Waals surface area (Å²) in [5.41, 5.74) is 2.25. The molecule has 2 rings (SSSR count). The van der Waals surface area contributed by atoms with Crippen molar-refractivity contribution in [2.24, 2.45) is 7.05 Å². The topological polar surface area (TPSA) is 67.2 Å². The number of benzene rings is 1. The monoisotopic (exact) mass is 326 g/mol. The maximum Gasteiger partial charge on any atom is 0.313 e. The molecular weight excluding hydrogens is 304 g/mol. The fraction of sp³-hybridized carbons (Fsp3) is 0.278. The molecule has 0 unspecified atom stereocenters. The van der Waals surface area contributed by atoms with Crippen LogP contribution in [0.4, 0.5) is 5.69 Å². The van der Waals surface area contributed by atoms with Gasteiger partial charge in [0.25, 0.3) is 0 Å². The van der Waals surface area contributed by atoms with Crippen molar-refractivity contribution < 1.29 is 9.59 Å². The number of aryl methyl sites for hydroxylation is 1. The summed E-state index contributed by atoms with van der Waals surface area (Å²) in [4.78, 5) is 30.2. The summed E-state index contributed by atoms with van der Waals surface area (Å²) in [5, 5.41) is 2.65. The van der Waals surface area contributed by atoms with Crippen molar-refractivity contribution >= 4 is 17.5 Å². The maximum absolute atomic E-state index is 12.2. The first kappa shape index (κ1) is 17.5. The molecule has 2 amide bonds. The first-order chi connectivity index (χ1) is 11.4. The predicted octanol–water partition coefficient (Wildman–Crippen LogP) is 2.45. The maximum atomic E-state index is 12.2. The van der Waals surface area contributed by atoms with Crippen LogP contribution in [0, 0.1) is 0 Å². The second-order valence-electron chi connectivity index (χ2n) is 5.67. The van der Waals surface area contributed by atoms with E-state index in [1.807, 2.05) is 43.8 Å². The first-order valence-electron chi connectivity index (χ1n) is 7.74. The predicted molar refractivity (Wildman–Crippen MR) is 94.3 cm³/mol.